The van der Waals surface area contributed by atoms with Gasteiger partial charge < -0.3 is 15.5 Å². The second-order valence-electron chi connectivity index (χ2n) is 6.88. The highest BCUT2D eigenvalue weighted by molar-refractivity contribution is 6.34. The van der Waals surface area contributed by atoms with Crippen LogP contribution < -0.4 is 10.6 Å². The van der Waals surface area contributed by atoms with Crippen molar-refractivity contribution in [3.05, 3.63) is 28.8 Å². The number of amides is 3. The lowest BCUT2D eigenvalue weighted by molar-refractivity contribution is -0.126. The minimum Gasteiger partial charge on any atom is -0.344 e. The molecule has 7 heteroatoms. The summed E-state index contributed by atoms with van der Waals surface area (Å²) >= 11 is 6.29. The Morgan fingerprint density at radius 2 is 1.81 bits per heavy atom. The van der Waals surface area contributed by atoms with E-state index in [4.69, 9.17) is 11.6 Å². The SMILES string of the molecule is CCN(CC)C(=O)c1ccc(NC(=O)C(NC(C)=O)C2CCCC2)cc1Cl. The van der Waals surface area contributed by atoms with Crippen LogP contribution in [-0.2, 0) is 9.59 Å². The standard InChI is InChI=1S/C20H28ClN3O3/c1-4-24(5-2)20(27)16-11-10-15(12-17(16)21)23-19(26)18(22-13(3)25)14-8-6-7-9-14/h10-12,14,18H,4-9H2,1-3H3,(H,22,25)(H,23,26). The summed E-state index contributed by atoms with van der Waals surface area (Å²) in [6, 6.07) is 4.32. The van der Waals surface area contributed by atoms with Gasteiger partial charge in [0.15, 0.2) is 0 Å². The van der Waals surface area contributed by atoms with Gasteiger partial charge in [-0.2, -0.15) is 0 Å². The van der Waals surface area contributed by atoms with Crippen molar-refractivity contribution in [1.82, 2.24) is 10.2 Å². The first-order chi connectivity index (χ1) is 12.9. The molecule has 3 amide bonds. The number of carbonyl (C=O) groups is 3. The Kier molecular flexibility index (Phi) is 7.66. The number of nitrogens with zero attached hydrogens (tertiary/aromatic N) is 1. The Balaban J connectivity index is 2.13. The summed E-state index contributed by atoms with van der Waals surface area (Å²) in [5, 5.41) is 5.89. The average Bonchev–Trinajstić information content (AvgIpc) is 3.14. The number of benzene rings is 1. The minimum atomic E-state index is -0.555. The molecule has 1 saturated carbocycles. The molecule has 0 aromatic heterocycles. The van der Waals surface area contributed by atoms with Gasteiger partial charge in [0, 0.05) is 25.7 Å². The fourth-order valence-electron chi connectivity index (χ4n) is 3.57. The smallest absolute Gasteiger partial charge is 0.255 e. The summed E-state index contributed by atoms with van der Waals surface area (Å²) in [4.78, 5) is 38.4. The van der Waals surface area contributed by atoms with Crippen LogP contribution in [0.15, 0.2) is 18.2 Å². The lowest BCUT2D eigenvalue weighted by atomic mass is 9.97. The summed E-state index contributed by atoms with van der Waals surface area (Å²) in [6.45, 7) is 6.44. The number of anilines is 1. The molecule has 0 aliphatic heterocycles. The van der Waals surface area contributed by atoms with Crippen LogP contribution in [0.1, 0.15) is 56.8 Å². The molecule has 1 aromatic carbocycles. The maximum atomic E-state index is 12.7. The van der Waals surface area contributed by atoms with Crippen molar-refractivity contribution < 1.29 is 14.4 Å². The van der Waals surface area contributed by atoms with Crippen LogP contribution >= 0.6 is 11.6 Å². The zero-order valence-electron chi connectivity index (χ0n) is 16.2. The second kappa shape index (κ2) is 9.74. The maximum absolute atomic E-state index is 12.7. The molecule has 6 nitrogen and oxygen atoms in total. The molecule has 1 aromatic rings. The molecule has 1 aliphatic carbocycles. The van der Waals surface area contributed by atoms with E-state index in [1.807, 2.05) is 13.8 Å². The Morgan fingerprint density at radius 1 is 1.19 bits per heavy atom. The number of nitrogens with one attached hydrogen (secondary N) is 2. The van der Waals surface area contributed by atoms with E-state index < -0.39 is 6.04 Å². The van der Waals surface area contributed by atoms with E-state index in [-0.39, 0.29) is 23.6 Å². The zero-order chi connectivity index (χ0) is 20.0. The highest BCUT2D eigenvalue weighted by atomic mass is 35.5. The van der Waals surface area contributed by atoms with Crippen LogP contribution in [-0.4, -0.2) is 41.8 Å². The Hall–Kier alpha value is -2.08. The summed E-state index contributed by atoms with van der Waals surface area (Å²) in [6.07, 6.45) is 4.00. The Bertz CT molecular complexity index is 698. The van der Waals surface area contributed by atoms with Gasteiger partial charge in [0.2, 0.25) is 11.8 Å². The van der Waals surface area contributed by atoms with Gasteiger partial charge in [0.05, 0.1) is 10.6 Å². The van der Waals surface area contributed by atoms with Gasteiger partial charge in [0.1, 0.15) is 6.04 Å². The first kappa shape index (κ1) is 21.2. The van der Waals surface area contributed by atoms with E-state index >= 15 is 0 Å². The fraction of sp³-hybridized carbons (Fsp3) is 0.550. The van der Waals surface area contributed by atoms with E-state index in [2.05, 4.69) is 10.6 Å². The number of rotatable bonds is 7. The van der Waals surface area contributed by atoms with E-state index in [9.17, 15) is 14.4 Å². The number of hydrogen-bond acceptors (Lipinski definition) is 3. The van der Waals surface area contributed by atoms with Gasteiger partial charge in [-0.15, -0.1) is 0 Å². The molecule has 2 rings (SSSR count). The van der Waals surface area contributed by atoms with Crippen LogP contribution in [0.4, 0.5) is 5.69 Å². The van der Waals surface area contributed by atoms with Crippen molar-refractivity contribution in [2.24, 2.45) is 5.92 Å². The summed E-state index contributed by atoms with van der Waals surface area (Å²) in [7, 11) is 0. The summed E-state index contributed by atoms with van der Waals surface area (Å²) in [5.74, 6) is -0.464. The summed E-state index contributed by atoms with van der Waals surface area (Å²) in [5.41, 5.74) is 0.919. The maximum Gasteiger partial charge on any atom is 0.255 e. The molecule has 0 heterocycles. The largest absolute Gasteiger partial charge is 0.344 e. The van der Waals surface area contributed by atoms with Gasteiger partial charge in [-0.1, -0.05) is 24.4 Å². The van der Waals surface area contributed by atoms with Crippen LogP contribution in [0.25, 0.3) is 0 Å². The molecule has 0 radical (unpaired) electrons. The van der Waals surface area contributed by atoms with Crippen molar-refractivity contribution in [2.45, 2.75) is 52.5 Å². The van der Waals surface area contributed by atoms with Gasteiger partial charge in [-0.3, -0.25) is 14.4 Å². The molecule has 0 spiro atoms. The van der Waals surface area contributed by atoms with Crippen molar-refractivity contribution >= 4 is 35.0 Å². The molecular weight excluding hydrogens is 366 g/mol. The fourth-order valence-corrected chi connectivity index (χ4v) is 3.84. The van der Waals surface area contributed by atoms with Crippen LogP contribution in [0.2, 0.25) is 5.02 Å². The Morgan fingerprint density at radius 3 is 2.33 bits per heavy atom. The molecule has 1 atom stereocenters. The zero-order valence-corrected chi connectivity index (χ0v) is 16.9. The third-order valence-electron chi connectivity index (χ3n) is 5.03. The average molecular weight is 394 g/mol. The lowest BCUT2D eigenvalue weighted by Crippen LogP contribution is -2.47. The predicted molar refractivity (Wildman–Crippen MR) is 107 cm³/mol. The number of carbonyl (C=O) groups excluding carboxylic acids is 3. The van der Waals surface area contributed by atoms with Gasteiger partial charge in [-0.05, 0) is 50.8 Å². The second-order valence-corrected chi connectivity index (χ2v) is 7.29. The first-order valence-electron chi connectivity index (χ1n) is 9.54. The quantitative estimate of drug-likeness (QED) is 0.744. The number of hydrogen-bond donors (Lipinski definition) is 2. The molecule has 0 saturated heterocycles. The molecule has 1 aliphatic rings. The van der Waals surface area contributed by atoms with Gasteiger partial charge in [-0.25, -0.2) is 0 Å². The van der Waals surface area contributed by atoms with Crippen molar-refractivity contribution in [1.29, 1.82) is 0 Å². The molecular formula is C20H28ClN3O3. The predicted octanol–water partition coefficient (Wildman–Crippen LogP) is 3.46. The van der Waals surface area contributed by atoms with E-state index in [0.29, 0.717) is 29.4 Å². The topological polar surface area (TPSA) is 78.5 Å². The molecule has 148 valence electrons. The van der Waals surface area contributed by atoms with Gasteiger partial charge in [0.25, 0.3) is 5.91 Å². The van der Waals surface area contributed by atoms with Crippen molar-refractivity contribution in [3.8, 4) is 0 Å². The normalized spacial score (nSPS) is 15.3. The van der Waals surface area contributed by atoms with Crippen LogP contribution in [0.5, 0.6) is 0 Å². The van der Waals surface area contributed by atoms with Gasteiger partial charge >= 0.3 is 0 Å². The molecule has 1 fully saturated rings. The van der Waals surface area contributed by atoms with E-state index in [1.54, 1.807) is 23.1 Å². The molecule has 2 N–H and O–H groups in total. The van der Waals surface area contributed by atoms with Crippen molar-refractivity contribution in [2.75, 3.05) is 18.4 Å². The monoisotopic (exact) mass is 393 g/mol. The van der Waals surface area contributed by atoms with Crippen LogP contribution in [0.3, 0.4) is 0 Å². The van der Waals surface area contributed by atoms with E-state index in [0.717, 1.165) is 25.7 Å². The molecule has 27 heavy (non-hydrogen) atoms. The van der Waals surface area contributed by atoms with Crippen molar-refractivity contribution in [3.63, 3.8) is 0 Å². The minimum absolute atomic E-state index is 0.134. The summed E-state index contributed by atoms with van der Waals surface area (Å²) < 4.78 is 0. The molecule has 1 unspecified atom stereocenters. The first-order valence-corrected chi connectivity index (χ1v) is 9.91. The highest BCUT2D eigenvalue weighted by Gasteiger charge is 2.31. The lowest BCUT2D eigenvalue weighted by Gasteiger charge is -2.23. The highest BCUT2D eigenvalue weighted by Crippen LogP contribution is 2.29. The van der Waals surface area contributed by atoms with Crippen LogP contribution in [0, 0.1) is 5.92 Å². The van der Waals surface area contributed by atoms with E-state index in [1.165, 1.54) is 6.92 Å². The Labute approximate surface area is 165 Å². The molecule has 0 bridgehead atoms. The number of halogens is 1. The third kappa shape index (κ3) is 5.45. The third-order valence-corrected chi connectivity index (χ3v) is 5.34.